The lowest BCUT2D eigenvalue weighted by molar-refractivity contribution is 0.0935. The molecule has 0 aliphatic carbocycles. The van der Waals surface area contributed by atoms with Gasteiger partial charge in [-0.2, -0.15) is 5.10 Å². The van der Waals surface area contributed by atoms with Crippen molar-refractivity contribution in [1.29, 1.82) is 0 Å². The van der Waals surface area contributed by atoms with Crippen LogP contribution in [0.15, 0.2) is 36.5 Å². The molecule has 0 saturated carbocycles. The maximum Gasteiger partial charge on any atom is 0.253 e. The third-order valence-electron chi connectivity index (χ3n) is 4.36. The van der Waals surface area contributed by atoms with Crippen LogP contribution in [0.25, 0.3) is 11.0 Å². The average molecular weight is 338 g/mol. The second kappa shape index (κ2) is 6.93. The number of benzene rings is 1. The smallest absolute Gasteiger partial charge is 0.253 e. The van der Waals surface area contributed by atoms with Crippen LogP contribution in [0.5, 0.6) is 5.75 Å². The first-order valence-electron chi connectivity index (χ1n) is 8.27. The van der Waals surface area contributed by atoms with Gasteiger partial charge in [-0.1, -0.05) is 19.1 Å². The molecule has 6 heteroatoms. The number of amides is 1. The van der Waals surface area contributed by atoms with Gasteiger partial charge in [-0.3, -0.25) is 9.48 Å². The highest BCUT2D eigenvalue weighted by molar-refractivity contribution is 5.97. The molecule has 1 amide bonds. The maximum absolute atomic E-state index is 12.7. The molecule has 1 unspecified atom stereocenters. The molecular formula is C19H22N4O2. The van der Waals surface area contributed by atoms with Crippen molar-refractivity contribution in [3.05, 3.63) is 53.3 Å². The zero-order chi connectivity index (χ0) is 18.0. The van der Waals surface area contributed by atoms with Gasteiger partial charge in [0.1, 0.15) is 5.75 Å². The van der Waals surface area contributed by atoms with E-state index in [-0.39, 0.29) is 11.9 Å². The molecule has 2 heterocycles. The Balaban J connectivity index is 1.83. The summed E-state index contributed by atoms with van der Waals surface area (Å²) in [7, 11) is 3.48. The van der Waals surface area contributed by atoms with Crippen LogP contribution >= 0.6 is 0 Å². The monoisotopic (exact) mass is 338 g/mol. The van der Waals surface area contributed by atoms with Crippen LogP contribution in [0.4, 0.5) is 0 Å². The maximum atomic E-state index is 12.7. The quantitative estimate of drug-likeness (QED) is 0.776. The van der Waals surface area contributed by atoms with Crippen molar-refractivity contribution in [3.8, 4) is 5.75 Å². The molecule has 0 spiro atoms. The first kappa shape index (κ1) is 17.0. The van der Waals surface area contributed by atoms with Gasteiger partial charge in [0.05, 0.1) is 24.4 Å². The Morgan fingerprint density at radius 2 is 2.04 bits per heavy atom. The van der Waals surface area contributed by atoms with Crippen LogP contribution < -0.4 is 10.1 Å². The first-order chi connectivity index (χ1) is 12.0. The number of rotatable bonds is 5. The summed E-state index contributed by atoms with van der Waals surface area (Å²) >= 11 is 0. The third-order valence-corrected chi connectivity index (χ3v) is 4.36. The molecule has 1 aromatic carbocycles. The van der Waals surface area contributed by atoms with Crippen molar-refractivity contribution in [2.75, 3.05) is 7.11 Å². The van der Waals surface area contributed by atoms with Crippen LogP contribution in [-0.4, -0.2) is 27.8 Å². The van der Waals surface area contributed by atoms with E-state index >= 15 is 0 Å². The van der Waals surface area contributed by atoms with Crippen LogP contribution in [0.2, 0.25) is 0 Å². The van der Waals surface area contributed by atoms with Gasteiger partial charge in [0, 0.05) is 18.6 Å². The first-order valence-corrected chi connectivity index (χ1v) is 8.27. The Bertz CT molecular complexity index is 900. The molecular weight excluding hydrogens is 316 g/mol. The summed E-state index contributed by atoms with van der Waals surface area (Å²) in [5, 5.41) is 8.32. The molecule has 0 aliphatic heterocycles. The van der Waals surface area contributed by atoms with Crippen molar-refractivity contribution in [1.82, 2.24) is 20.1 Å². The Morgan fingerprint density at radius 3 is 2.68 bits per heavy atom. The molecule has 0 aliphatic rings. The van der Waals surface area contributed by atoms with Gasteiger partial charge in [-0.25, -0.2) is 4.98 Å². The van der Waals surface area contributed by atoms with Crippen molar-refractivity contribution >= 4 is 16.9 Å². The van der Waals surface area contributed by atoms with E-state index in [1.165, 1.54) is 0 Å². The number of nitrogens with one attached hydrogen (secondary N) is 1. The largest absolute Gasteiger partial charge is 0.497 e. The summed E-state index contributed by atoms with van der Waals surface area (Å²) in [5.74, 6) is 0.659. The van der Waals surface area contributed by atoms with Crippen molar-refractivity contribution in [3.63, 3.8) is 0 Å². The summed E-state index contributed by atoms with van der Waals surface area (Å²) in [6.45, 7) is 3.96. The van der Waals surface area contributed by atoms with Crippen LogP contribution in [-0.2, 0) is 7.05 Å². The molecule has 0 saturated heterocycles. The Morgan fingerprint density at radius 1 is 1.32 bits per heavy atom. The molecule has 1 atom stereocenters. The van der Waals surface area contributed by atoms with Crippen LogP contribution in [0.3, 0.4) is 0 Å². The van der Waals surface area contributed by atoms with E-state index < -0.39 is 0 Å². The highest BCUT2D eigenvalue weighted by Gasteiger charge is 2.16. The number of hydrogen-bond donors (Lipinski definition) is 1. The second-order valence-corrected chi connectivity index (χ2v) is 6.01. The Kier molecular flexibility index (Phi) is 4.70. The molecule has 0 radical (unpaired) electrons. The lowest BCUT2D eigenvalue weighted by Gasteiger charge is -2.18. The Labute approximate surface area is 146 Å². The summed E-state index contributed by atoms with van der Waals surface area (Å²) in [4.78, 5) is 17.0. The van der Waals surface area contributed by atoms with Gasteiger partial charge in [0.25, 0.3) is 5.91 Å². The number of aryl methyl sites for hydroxylation is 2. The lowest BCUT2D eigenvalue weighted by atomic mass is 10.0. The number of ether oxygens (including phenoxy) is 1. The predicted octanol–water partition coefficient (Wildman–Crippen LogP) is 3.17. The van der Waals surface area contributed by atoms with E-state index in [0.29, 0.717) is 5.56 Å². The van der Waals surface area contributed by atoms with E-state index in [1.807, 2.05) is 51.2 Å². The number of methoxy groups -OCH3 is 1. The van der Waals surface area contributed by atoms with Gasteiger partial charge >= 0.3 is 0 Å². The molecule has 0 bridgehead atoms. The van der Waals surface area contributed by atoms with Crippen molar-refractivity contribution in [2.24, 2.45) is 7.05 Å². The van der Waals surface area contributed by atoms with Gasteiger partial charge < -0.3 is 10.1 Å². The number of hydrogen-bond acceptors (Lipinski definition) is 4. The predicted molar refractivity (Wildman–Crippen MR) is 96.7 cm³/mol. The van der Waals surface area contributed by atoms with E-state index in [0.717, 1.165) is 34.5 Å². The average Bonchev–Trinajstić information content (AvgIpc) is 2.93. The van der Waals surface area contributed by atoms with E-state index in [2.05, 4.69) is 15.4 Å². The van der Waals surface area contributed by atoms with Crippen LogP contribution in [0.1, 0.15) is 41.0 Å². The number of carbonyl (C=O) groups is 1. The number of carbonyl (C=O) groups excluding carboxylic acids is 1. The summed E-state index contributed by atoms with van der Waals surface area (Å²) < 4.78 is 6.90. The summed E-state index contributed by atoms with van der Waals surface area (Å²) in [5.41, 5.74) is 3.22. The Hall–Kier alpha value is -2.89. The topological polar surface area (TPSA) is 69.0 Å². The van der Waals surface area contributed by atoms with Crippen LogP contribution in [0, 0.1) is 6.92 Å². The SMILES string of the molecule is CCC(NC(=O)c1cnc2c(c1)c(C)nn2C)c1ccc(OC)cc1. The minimum atomic E-state index is -0.139. The number of fused-ring (bicyclic) bond motifs is 1. The lowest BCUT2D eigenvalue weighted by Crippen LogP contribution is -2.28. The molecule has 25 heavy (non-hydrogen) atoms. The van der Waals surface area contributed by atoms with Gasteiger partial charge in [0.2, 0.25) is 0 Å². The van der Waals surface area contributed by atoms with Crippen molar-refractivity contribution < 1.29 is 9.53 Å². The molecule has 3 aromatic rings. The molecule has 6 nitrogen and oxygen atoms in total. The molecule has 1 N–H and O–H groups in total. The highest BCUT2D eigenvalue weighted by Crippen LogP contribution is 2.21. The summed E-state index contributed by atoms with van der Waals surface area (Å²) in [6.07, 6.45) is 2.39. The van der Waals surface area contributed by atoms with E-state index in [1.54, 1.807) is 18.0 Å². The minimum absolute atomic E-state index is 0.0656. The van der Waals surface area contributed by atoms with Gasteiger partial charge in [-0.15, -0.1) is 0 Å². The molecule has 0 fully saturated rings. The zero-order valence-electron chi connectivity index (χ0n) is 14.9. The van der Waals surface area contributed by atoms with Crippen molar-refractivity contribution in [2.45, 2.75) is 26.3 Å². The number of nitrogens with zero attached hydrogens (tertiary/aromatic N) is 3. The molecule has 2 aromatic heterocycles. The van der Waals surface area contributed by atoms with E-state index in [4.69, 9.17) is 4.74 Å². The number of pyridine rings is 1. The summed E-state index contributed by atoms with van der Waals surface area (Å²) in [6, 6.07) is 9.53. The van der Waals surface area contributed by atoms with Gasteiger partial charge in [-0.05, 0) is 37.1 Å². The number of aromatic nitrogens is 3. The minimum Gasteiger partial charge on any atom is -0.497 e. The van der Waals surface area contributed by atoms with Gasteiger partial charge in [0.15, 0.2) is 5.65 Å². The molecule has 130 valence electrons. The highest BCUT2D eigenvalue weighted by atomic mass is 16.5. The zero-order valence-corrected chi connectivity index (χ0v) is 14.9. The second-order valence-electron chi connectivity index (χ2n) is 6.01. The normalized spacial score (nSPS) is 12.2. The third kappa shape index (κ3) is 3.33. The fraction of sp³-hybridized carbons (Fsp3) is 0.316. The fourth-order valence-electron chi connectivity index (χ4n) is 2.93. The fourth-order valence-corrected chi connectivity index (χ4v) is 2.93. The van der Waals surface area contributed by atoms with E-state index in [9.17, 15) is 4.79 Å². The molecule has 3 rings (SSSR count). The standard InChI is InChI=1S/C19H22N4O2/c1-5-17(13-6-8-15(25-4)9-7-13)21-19(24)14-10-16-12(2)22-23(3)18(16)20-11-14/h6-11,17H,5H2,1-4H3,(H,21,24).